The molecule has 0 aromatic carbocycles. The molecule has 3 aromatic rings. The minimum absolute atomic E-state index is 0.263. The number of aromatic nitrogens is 3. The second-order valence-electron chi connectivity index (χ2n) is 5.24. The van der Waals surface area contributed by atoms with E-state index in [1.807, 2.05) is 22.9 Å². The highest BCUT2D eigenvalue weighted by molar-refractivity contribution is 8.02. The van der Waals surface area contributed by atoms with Crippen LogP contribution in [0.3, 0.4) is 0 Å². The highest BCUT2D eigenvalue weighted by Gasteiger charge is 2.30. The highest BCUT2D eigenvalue weighted by atomic mass is 32.2. The molecule has 122 valence electrons. The Morgan fingerprint density at radius 1 is 1.38 bits per heavy atom. The van der Waals surface area contributed by atoms with Crippen molar-refractivity contribution < 1.29 is 9.34 Å². The van der Waals surface area contributed by atoms with E-state index in [2.05, 4.69) is 14.8 Å². The van der Waals surface area contributed by atoms with Gasteiger partial charge in [-0.25, -0.2) is 0 Å². The van der Waals surface area contributed by atoms with E-state index in [4.69, 9.17) is 4.42 Å². The van der Waals surface area contributed by atoms with Gasteiger partial charge >= 0.3 is 5.88 Å². The quantitative estimate of drug-likeness (QED) is 0.362. The SMILES string of the molecule is O=[N+]([O-])c1ccc(/C=C/Sc2nnc(-c3cccs3)n2C2CC2)o1. The van der Waals surface area contributed by atoms with Gasteiger partial charge in [0.25, 0.3) is 0 Å². The van der Waals surface area contributed by atoms with Crippen molar-refractivity contribution >= 4 is 35.1 Å². The number of hydrogen-bond acceptors (Lipinski definition) is 7. The first-order valence-corrected chi connectivity index (χ1v) is 9.04. The van der Waals surface area contributed by atoms with Crippen molar-refractivity contribution in [3.63, 3.8) is 0 Å². The fraction of sp³-hybridized carbons (Fsp3) is 0.200. The van der Waals surface area contributed by atoms with Crippen LogP contribution in [0.25, 0.3) is 16.8 Å². The maximum atomic E-state index is 10.6. The first-order valence-electron chi connectivity index (χ1n) is 7.28. The molecule has 7 nitrogen and oxygen atoms in total. The van der Waals surface area contributed by atoms with Crippen LogP contribution in [0.2, 0.25) is 0 Å². The lowest BCUT2D eigenvalue weighted by Gasteiger charge is -2.05. The number of hydrogen-bond donors (Lipinski definition) is 0. The molecule has 1 saturated carbocycles. The van der Waals surface area contributed by atoms with Gasteiger partial charge in [0.05, 0.1) is 10.9 Å². The molecule has 0 unspecified atom stereocenters. The zero-order valence-corrected chi connectivity index (χ0v) is 14.0. The second kappa shape index (κ2) is 6.25. The fourth-order valence-electron chi connectivity index (χ4n) is 2.28. The van der Waals surface area contributed by atoms with E-state index in [9.17, 15) is 10.1 Å². The molecule has 0 amide bonds. The van der Waals surface area contributed by atoms with E-state index in [0.717, 1.165) is 28.7 Å². The Balaban J connectivity index is 1.54. The highest BCUT2D eigenvalue weighted by Crippen LogP contribution is 2.42. The molecule has 24 heavy (non-hydrogen) atoms. The largest absolute Gasteiger partial charge is 0.433 e. The third-order valence-electron chi connectivity index (χ3n) is 3.52. The number of rotatable bonds is 6. The fourth-order valence-corrected chi connectivity index (χ4v) is 3.75. The van der Waals surface area contributed by atoms with Gasteiger partial charge in [-0.3, -0.25) is 14.7 Å². The van der Waals surface area contributed by atoms with Crippen molar-refractivity contribution in [3.8, 4) is 10.7 Å². The van der Waals surface area contributed by atoms with Crippen LogP contribution in [-0.2, 0) is 0 Å². The van der Waals surface area contributed by atoms with Gasteiger partial charge < -0.3 is 4.42 Å². The smallest absolute Gasteiger partial charge is 0.401 e. The summed E-state index contributed by atoms with van der Waals surface area (Å²) < 4.78 is 7.27. The predicted octanol–water partition coefficient (Wildman–Crippen LogP) is 4.61. The van der Waals surface area contributed by atoms with Crippen LogP contribution in [0.1, 0.15) is 24.6 Å². The molecule has 0 saturated heterocycles. The third-order valence-corrected chi connectivity index (χ3v) is 5.14. The zero-order chi connectivity index (χ0) is 16.5. The van der Waals surface area contributed by atoms with Crippen LogP contribution in [0.15, 0.2) is 44.6 Å². The van der Waals surface area contributed by atoms with Crippen molar-refractivity contribution in [1.29, 1.82) is 0 Å². The molecule has 1 fully saturated rings. The van der Waals surface area contributed by atoms with Gasteiger partial charge in [0.2, 0.25) is 0 Å². The summed E-state index contributed by atoms with van der Waals surface area (Å²) in [6.45, 7) is 0. The molecule has 1 aliphatic rings. The summed E-state index contributed by atoms with van der Waals surface area (Å²) in [5, 5.41) is 23.9. The van der Waals surface area contributed by atoms with Gasteiger partial charge in [0.1, 0.15) is 10.7 Å². The molecule has 4 rings (SSSR count). The molecule has 0 N–H and O–H groups in total. The Hall–Kier alpha value is -2.39. The summed E-state index contributed by atoms with van der Waals surface area (Å²) in [6, 6.07) is 7.41. The van der Waals surface area contributed by atoms with E-state index < -0.39 is 4.92 Å². The lowest BCUT2D eigenvalue weighted by atomic mass is 10.4. The summed E-state index contributed by atoms with van der Waals surface area (Å²) in [6.07, 6.45) is 3.96. The van der Waals surface area contributed by atoms with E-state index in [1.165, 1.54) is 17.8 Å². The molecule has 0 aliphatic heterocycles. The standard InChI is InChI=1S/C15H12N4O3S2/c20-19(21)13-6-5-11(22-13)7-9-24-15-17-16-14(12-2-1-8-23-12)18(15)10-3-4-10/h1-2,5-10H,3-4H2/b9-7+. The average molecular weight is 360 g/mol. The summed E-state index contributed by atoms with van der Waals surface area (Å²) in [7, 11) is 0. The topological polar surface area (TPSA) is 87.0 Å². The van der Waals surface area contributed by atoms with E-state index in [-0.39, 0.29) is 5.88 Å². The van der Waals surface area contributed by atoms with Gasteiger partial charge in [-0.05, 0) is 41.8 Å². The first-order chi connectivity index (χ1) is 11.7. The predicted molar refractivity (Wildman–Crippen MR) is 91.9 cm³/mol. The summed E-state index contributed by atoms with van der Waals surface area (Å²) in [5.74, 6) is 1.07. The van der Waals surface area contributed by atoms with Gasteiger partial charge in [0.15, 0.2) is 11.0 Å². The average Bonchev–Trinajstić information content (AvgIpc) is 2.99. The Labute approximate surface area is 145 Å². The maximum absolute atomic E-state index is 10.6. The molecule has 0 bridgehead atoms. The zero-order valence-electron chi connectivity index (χ0n) is 12.4. The van der Waals surface area contributed by atoms with Crippen LogP contribution in [0, 0.1) is 10.1 Å². The Morgan fingerprint density at radius 2 is 2.25 bits per heavy atom. The van der Waals surface area contributed by atoms with Gasteiger partial charge in [-0.1, -0.05) is 17.8 Å². The van der Waals surface area contributed by atoms with Gasteiger partial charge in [-0.15, -0.1) is 21.5 Å². The molecule has 3 heterocycles. The van der Waals surface area contributed by atoms with Crippen LogP contribution >= 0.6 is 23.1 Å². The molecule has 9 heteroatoms. The number of thioether (sulfide) groups is 1. The van der Waals surface area contributed by atoms with Crippen LogP contribution in [0.4, 0.5) is 5.88 Å². The summed E-state index contributed by atoms with van der Waals surface area (Å²) >= 11 is 3.07. The lowest BCUT2D eigenvalue weighted by Crippen LogP contribution is -1.97. The van der Waals surface area contributed by atoms with Crippen LogP contribution < -0.4 is 0 Å². The normalized spacial score (nSPS) is 14.5. The number of furan rings is 1. The van der Waals surface area contributed by atoms with Crippen molar-refractivity contribution in [2.45, 2.75) is 24.0 Å². The van der Waals surface area contributed by atoms with Gasteiger partial charge in [-0.2, -0.15) is 0 Å². The van der Waals surface area contributed by atoms with E-state index in [0.29, 0.717) is 11.8 Å². The van der Waals surface area contributed by atoms with Crippen molar-refractivity contribution in [3.05, 3.63) is 50.9 Å². The number of nitrogens with zero attached hydrogens (tertiary/aromatic N) is 4. The molecule has 0 atom stereocenters. The second-order valence-corrected chi connectivity index (χ2v) is 7.06. The summed E-state index contributed by atoms with van der Waals surface area (Å²) in [5.41, 5.74) is 0. The molecular weight excluding hydrogens is 348 g/mol. The monoisotopic (exact) mass is 360 g/mol. The van der Waals surface area contributed by atoms with Crippen LogP contribution in [0.5, 0.6) is 0 Å². The molecule has 0 spiro atoms. The van der Waals surface area contributed by atoms with Crippen LogP contribution in [-0.4, -0.2) is 19.7 Å². The Bertz CT molecular complexity index is 894. The summed E-state index contributed by atoms with van der Waals surface area (Å²) in [4.78, 5) is 11.2. The first kappa shape index (κ1) is 15.2. The minimum atomic E-state index is -0.554. The molecular formula is C15H12N4O3S2. The molecule has 3 aromatic heterocycles. The Kier molecular flexibility index (Phi) is 3.95. The lowest BCUT2D eigenvalue weighted by molar-refractivity contribution is -0.402. The van der Waals surface area contributed by atoms with E-state index >= 15 is 0 Å². The molecule has 1 aliphatic carbocycles. The third kappa shape index (κ3) is 3.00. The van der Waals surface area contributed by atoms with Gasteiger partial charge in [0, 0.05) is 6.04 Å². The minimum Gasteiger partial charge on any atom is -0.401 e. The Morgan fingerprint density at radius 3 is 2.92 bits per heavy atom. The van der Waals surface area contributed by atoms with Crippen molar-refractivity contribution in [2.75, 3.05) is 0 Å². The van der Waals surface area contributed by atoms with E-state index in [1.54, 1.807) is 23.5 Å². The van der Waals surface area contributed by atoms with Crippen molar-refractivity contribution in [1.82, 2.24) is 14.8 Å². The maximum Gasteiger partial charge on any atom is 0.433 e. The molecule has 0 radical (unpaired) electrons. The number of nitro groups is 1. The number of thiophene rings is 1. The van der Waals surface area contributed by atoms with Crippen molar-refractivity contribution in [2.24, 2.45) is 0 Å².